The highest BCUT2D eigenvalue weighted by atomic mass is 35.5. The molecule has 4 nitrogen and oxygen atoms in total. The number of aryl methyl sites for hydroxylation is 2. The van der Waals surface area contributed by atoms with Gasteiger partial charge in [-0.2, -0.15) is 0 Å². The van der Waals surface area contributed by atoms with Crippen LogP contribution in [-0.2, 0) is 9.59 Å². The van der Waals surface area contributed by atoms with Gasteiger partial charge in [-0.3, -0.25) is 9.59 Å². The van der Waals surface area contributed by atoms with Gasteiger partial charge in [0.2, 0.25) is 5.91 Å². The summed E-state index contributed by atoms with van der Waals surface area (Å²) in [6, 6.07) is 11.4. The predicted molar refractivity (Wildman–Crippen MR) is 108 cm³/mol. The number of hydrogen-bond donors (Lipinski definition) is 0. The number of hydrogen-bond acceptors (Lipinski definition) is 3. The molecule has 1 atom stereocenters. The summed E-state index contributed by atoms with van der Waals surface area (Å²) in [6.45, 7) is 8.30. The second kappa shape index (κ2) is 7.73. The van der Waals surface area contributed by atoms with Crippen LogP contribution >= 0.6 is 11.6 Å². The number of rotatable bonds is 4. The summed E-state index contributed by atoms with van der Waals surface area (Å²) >= 11 is 6.18. The molecule has 0 bridgehead atoms. The van der Waals surface area contributed by atoms with E-state index in [0.717, 1.165) is 16.7 Å². The van der Waals surface area contributed by atoms with Crippen LogP contribution in [0.25, 0.3) is 0 Å². The number of carbonyl (C=O) groups excluding carboxylic acids is 2. The van der Waals surface area contributed by atoms with Crippen molar-refractivity contribution in [1.29, 1.82) is 0 Å². The van der Waals surface area contributed by atoms with Crippen molar-refractivity contribution in [3.8, 4) is 5.75 Å². The van der Waals surface area contributed by atoms with E-state index in [4.69, 9.17) is 16.3 Å². The van der Waals surface area contributed by atoms with Crippen molar-refractivity contribution in [2.75, 3.05) is 11.4 Å². The van der Waals surface area contributed by atoms with Crippen molar-refractivity contribution >= 4 is 29.2 Å². The van der Waals surface area contributed by atoms with E-state index in [1.165, 1.54) is 0 Å². The maximum Gasteiger partial charge on any atom is 0.316 e. The lowest BCUT2D eigenvalue weighted by molar-refractivity contribution is -0.139. The average Bonchev–Trinajstić information content (AvgIpc) is 2.99. The highest BCUT2D eigenvalue weighted by molar-refractivity contribution is 6.31. The number of anilines is 1. The van der Waals surface area contributed by atoms with E-state index < -0.39 is 5.92 Å². The average molecular weight is 386 g/mol. The van der Waals surface area contributed by atoms with Gasteiger partial charge in [-0.15, -0.1) is 0 Å². The maximum atomic E-state index is 12.7. The molecule has 0 saturated carbocycles. The number of carbonyl (C=O) groups is 2. The molecule has 0 radical (unpaired) electrons. The predicted octanol–water partition coefficient (Wildman–Crippen LogP) is 5.04. The van der Waals surface area contributed by atoms with Crippen LogP contribution in [0, 0.1) is 19.8 Å². The van der Waals surface area contributed by atoms with E-state index in [9.17, 15) is 9.59 Å². The van der Waals surface area contributed by atoms with Gasteiger partial charge in [-0.05, 0) is 54.7 Å². The van der Waals surface area contributed by atoms with Gasteiger partial charge in [0.25, 0.3) is 0 Å². The molecule has 0 N–H and O–H groups in total. The highest BCUT2D eigenvalue weighted by Crippen LogP contribution is 2.32. The number of esters is 1. The summed E-state index contributed by atoms with van der Waals surface area (Å²) < 4.78 is 5.70. The first kappa shape index (κ1) is 19.4. The maximum absolute atomic E-state index is 12.7. The molecule has 1 amide bonds. The summed E-state index contributed by atoms with van der Waals surface area (Å²) in [5, 5.41) is 0.604. The third kappa shape index (κ3) is 4.16. The van der Waals surface area contributed by atoms with E-state index >= 15 is 0 Å². The van der Waals surface area contributed by atoms with Crippen molar-refractivity contribution in [3.05, 3.63) is 58.1 Å². The van der Waals surface area contributed by atoms with Gasteiger partial charge in [0.15, 0.2) is 0 Å². The second-order valence-electron chi connectivity index (χ2n) is 7.46. The topological polar surface area (TPSA) is 46.6 Å². The summed E-state index contributed by atoms with van der Waals surface area (Å²) in [5.41, 5.74) is 3.68. The molecule has 27 heavy (non-hydrogen) atoms. The normalized spacial score (nSPS) is 16.9. The molecule has 5 heteroatoms. The Balaban J connectivity index is 1.76. The third-order valence-electron chi connectivity index (χ3n) is 4.93. The lowest BCUT2D eigenvalue weighted by Gasteiger charge is -2.18. The lowest BCUT2D eigenvalue weighted by Crippen LogP contribution is -2.27. The number of amides is 1. The Morgan fingerprint density at radius 3 is 2.59 bits per heavy atom. The Morgan fingerprint density at radius 1 is 1.19 bits per heavy atom. The van der Waals surface area contributed by atoms with Gasteiger partial charge in [0, 0.05) is 23.7 Å². The van der Waals surface area contributed by atoms with Gasteiger partial charge >= 0.3 is 5.97 Å². The Bertz CT molecular complexity index is 891. The quantitative estimate of drug-likeness (QED) is 0.547. The Morgan fingerprint density at radius 2 is 1.93 bits per heavy atom. The number of nitrogens with zero attached hydrogens (tertiary/aromatic N) is 1. The van der Waals surface area contributed by atoms with E-state index in [0.29, 0.717) is 23.0 Å². The fourth-order valence-corrected chi connectivity index (χ4v) is 3.44. The summed E-state index contributed by atoms with van der Waals surface area (Å²) in [6.07, 6.45) is 0.146. The van der Waals surface area contributed by atoms with Crippen LogP contribution in [0.1, 0.15) is 42.9 Å². The molecule has 0 unspecified atom stereocenters. The molecule has 1 heterocycles. The molecule has 2 aromatic carbocycles. The molecular weight excluding hydrogens is 362 g/mol. The van der Waals surface area contributed by atoms with Crippen molar-refractivity contribution in [2.45, 2.75) is 40.0 Å². The molecule has 3 rings (SSSR count). The summed E-state index contributed by atoms with van der Waals surface area (Å²) in [7, 11) is 0. The van der Waals surface area contributed by atoms with Crippen molar-refractivity contribution in [1.82, 2.24) is 0 Å². The fraction of sp³-hybridized carbons (Fsp3) is 0.364. The molecule has 142 valence electrons. The Kier molecular flexibility index (Phi) is 5.56. The molecule has 1 aliphatic rings. The van der Waals surface area contributed by atoms with Crippen LogP contribution in [0.5, 0.6) is 5.75 Å². The first-order valence-electron chi connectivity index (χ1n) is 9.15. The molecule has 0 aliphatic carbocycles. The van der Waals surface area contributed by atoms with Crippen LogP contribution in [0.2, 0.25) is 5.02 Å². The minimum absolute atomic E-state index is 0.0924. The molecule has 1 saturated heterocycles. The summed E-state index contributed by atoms with van der Waals surface area (Å²) in [4.78, 5) is 26.8. The zero-order valence-electron chi connectivity index (χ0n) is 16.1. The van der Waals surface area contributed by atoms with Gasteiger partial charge < -0.3 is 9.64 Å². The van der Waals surface area contributed by atoms with Crippen molar-refractivity contribution in [3.63, 3.8) is 0 Å². The first-order valence-corrected chi connectivity index (χ1v) is 9.53. The molecule has 0 aromatic heterocycles. The third-order valence-corrected chi connectivity index (χ3v) is 5.33. The highest BCUT2D eigenvalue weighted by Gasteiger charge is 2.36. The minimum atomic E-state index is -0.488. The van der Waals surface area contributed by atoms with E-state index in [1.54, 1.807) is 11.0 Å². The number of benzene rings is 2. The minimum Gasteiger partial charge on any atom is -0.426 e. The van der Waals surface area contributed by atoms with E-state index in [-0.39, 0.29) is 24.2 Å². The van der Waals surface area contributed by atoms with Crippen LogP contribution in [-0.4, -0.2) is 18.4 Å². The van der Waals surface area contributed by atoms with Crippen LogP contribution < -0.4 is 9.64 Å². The van der Waals surface area contributed by atoms with Gasteiger partial charge in [-0.25, -0.2) is 0 Å². The number of ether oxygens (including phenoxy) is 1. The second-order valence-corrected chi connectivity index (χ2v) is 7.86. The zero-order valence-corrected chi connectivity index (χ0v) is 16.8. The molecular formula is C22H24ClNO3. The Labute approximate surface area is 165 Å². The summed E-state index contributed by atoms with van der Waals surface area (Å²) in [5.74, 6) is -0.121. The van der Waals surface area contributed by atoms with Crippen LogP contribution in [0.15, 0.2) is 36.4 Å². The molecule has 0 spiro atoms. The molecule has 1 fully saturated rings. The zero-order chi connectivity index (χ0) is 19.7. The van der Waals surface area contributed by atoms with E-state index in [2.05, 4.69) is 13.8 Å². The van der Waals surface area contributed by atoms with E-state index in [1.807, 2.05) is 44.2 Å². The van der Waals surface area contributed by atoms with Gasteiger partial charge in [0.05, 0.1) is 5.92 Å². The molecule has 2 aromatic rings. The largest absolute Gasteiger partial charge is 0.426 e. The van der Waals surface area contributed by atoms with Crippen molar-refractivity contribution < 1.29 is 14.3 Å². The smallest absolute Gasteiger partial charge is 0.316 e. The first-order chi connectivity index (χ1) is 12.8. The van der Waals surface area contributed by atoms with Crippen LogP contribution in [0.3, 0.4) is 0 Å². The van der Waals surface area contributed by atoms with Gasteiger partial charge in [0.1, 0.15) is 5.75 Å². The Hall–Kier alpha value is -2.33. The number of halogens is 1. The fourth-order valence-electron chi connectivity index (χ4n) is 3.26. The van der Waals surface area contributed by atoms with Crippen LogP contribution in [0.4, 0.5) is 5.69 Å². The molecule has 1 aliphatic heterocycles. The van der Waals surface area contributed by atoms with Crippen molar-refractivity contribution in [2.24, 2.45) is 5.92 Å². The monoisotopic (exact) mass is 385 g/mol. The standard InChI is InChI=1S/C22H24ClNO3/c1-13(2)18-8-5-14(3)9-20(18)27-22(26)16-10-21(25)24(12-16)17-7-6-15(4)19(23)11-17/h5-9,11,13,16H,10,12H2,1-4H3/t16-/m1/s1. The van der Waals surface area contributed by atoms with Gasteiger partial charge in [-0.1, -0.05) is 43.6 Å². The SMILES string of the molecule is Cc1ccc(C(C)C)c(OC(=O)[C@@H]2CC(=O)N(c3ccc(C)c(Cl)c3)C2)c1. The lowest BCUT2D eigenvalue weighted by atomic mass is 10.0.